The van der Waals surface area contributed by atoms with Gasteiger partial charge < -0.3 is 104 Å². The number of hydrogen-bond acceptors (Lipinski definition) is 21. The molecule has 1 aliphatic heterocycles. The van der Waals surface area contributed by atoms with Gasteiger partial charge in [0, 0.05) is 98.5 Å². The second-order valence-corrected chi connectivity index (χ2v) is 26.5. The van der Waals surface area contributed by atoms with Gasteiger partial charge in [-0.3, -0.25) is 0 Å². The summed E-state index contributed by atoms with van der Waals surface area (Å²) < 4.78 is 35.7. The van der Waals surface area contributed by atoms with Gasteiger partial charge in [0.1, 0.15) is 0 Å². The molecule has 1 heterocycles. The van der Waals surface area contributed by atoms with Gasteiger partial charge in [0.25, 0.3) is 0 Å². The maximum atomic E-state index is 9.88. The van der Waals surface area contributed by atoms with Gasteiger partial charge in [-0.2, -0.15) is 0 Å². The fraction of sp³-hybridized carbons (Fsp3) is 1.00. The molecule has 0 unspecified atom stereocenters. The Balaban J connectivity index is 0.0000104. The van der Waals surface area contributed by atoms with E-state index in [4.69, 9.17) is 46.3 Å². The number of ether oxygens (including phenoxy) is 6. The molecule has 1 fully saturated rings. The number of halogens is 3. The van der Waals surface area contributed by atoms with Gasteiger partial charge in [0.15, 0.2) is 0 Å². The number of hydrogen-bond donors (Lipinski definition) is 12. The first kappa shape index (κ1) is 68.4. The Kier molecular flexibility index (Phi) is 48.0. The van der Waals surface area contributed by atoms with Gasteiger partial charge in [-0.05, 0) is 57.8 Å². The third kappa shape index (κ3) is 42.4. The quantitative estimate of drug-likeness (QED) is 0.0289. The molecule has 0 aromatic heterocycles. The molecule has 0 saturated carbocycles. The zero-order chi connectivity index (χ0) is 50.1. The average Bonchev–Trinajstić information content (AvgIpc) is 3.41. The molecule has 1 saturated heterocycles. The van der Waals surface area contributed by atoms with E-state index in [1.807, 2.05) is 0 Å². The third-order valence-electron chi connectivity index (χ3n) is 10.9. The maximum absolute atomic E-state index is 9.88. The third-order valence-corrected chi connectivity index (χ3v) is 10.9. The van der Waals surface area contributed by atoms with Crippen molar-refractivity contribution in [2.24, 2.45) is 0 Å². The average molecular weight is 1190 g/mol. The Morgan fingerprint density at radius 2 is 0.537 bits per heavy atom. The summed E-state index contributed by atoms with van der Waals surface area (Å²) in [6.45, 7) is 6.36. The molecule has 1 rings (SSSR count). The molecule has 25 heteroatoms. The van der Waals surface area contributed by atoms with Crippen LogP contribution in [0.4, 0.5) is 0 Å². The van der Waals surface area contributed by atoms with Crippen molar-refractivity contribution in [2.45, 2.75) is 113 Å². The molecule has 12 N–H and O–H groups in total. The number of rotatable bonds is 42. The summed E-state index contributed by atoms with van der Waals surface area (Å²) in [7, 11) is 0. The Hall–Kier alpha value is 1.35. The summed E-state index contributed by atoms with van der Waals surface area (Å²) >= 11 is -1.98. The van der Waals surface area contributed by atoms with E-state index in [-0.39, 0.29) is 156 Å². The summed E-state index contributed by atoms with van der Waals surface area (Å²) in [5.41, 5.74) is 0. The van der Waals surface area contributed by atoms with Crippen LogP contribution in [0.25, 0.3) is 0 Å². The molecule has 0 aromatic carbocycles. The molecule has 21 nitrogen and oxygen atoms in total. The van der Waals surface area contributed by atoms with Gasteiger partial charge in [-0.1, -0.05) is 0 Å². The SMILES string of the molecule is OC[C@H](O)CCOC[C@@H](CCN1CCN(CC[C@H](COCC[C@@H](O)CO)OCC[C@@H](O)CO)CCN(CC[C@H](COCC[C@@H](O)CO)OCC[C@@H](O)CO)CC1)OCC[C@@H](O)CO.[Cl][Gd]([Cl])[Cl]. The minimum absolute atomic E-state index is 0.221. The Morgan fingerprint density at radius 1 is 0.343 bits per heavy atom. The van der Waals surface area contributed by atoms with Crippen molar-refractivity contribution in [3.8, 4) is 0 Å². The van der Waals surface area contributed by atoms with Crippen molar-refractivity contribution in [1.29, 1.82) is 0 Å². The van der Waals surface area contributed by atoms with Crippen molar-refractivity contribution in [2.75, 3.05) is 158 Å². The zero-order valence-electron chi connectivity index (χ0n) is 39.2. The summed E-state index contributed by atoms with van der Waals surface area (Å²) in [5, 5.41) is 114. The first-order valence-corrected chi connectivity index (χ1v) is 31.9. The van der Waals surface area contributed by atoms with E-state index in [0.29, 0.717) is 38.9 Å². The normalized spacial score (nSPS) is 18.9. The monoisotopic (exact) mass is 1180 g/mol. The predicted molar refractivity (Wildman–Crippen MR) is 249 cm³/mol. The van der Waals surface area contributed by atoms with E-state index in [0.717, 1.165) is 39.3 Å². The van der Waals surface area contributed by atoms with Crippen LogP contribution >= 0.6 is 17.9 Å². The summed E-state index contributed by atoms with van der Waals surface area (Å²) in [6.07, 6.45) is -2.90. The van der Waals surface area contributed by atoms with Crippen molar-refractivity contribution >= 4 is 17.9 Å². The summed E-state index contributed by atoms with van der Waals surface area (Å²) in [4.78, 5) is 7.08. The molecular weight excluding hydrogens is 1100 g/mol. The summed E-state index contributed by atoms with van der Waals surface area (Å²) in [6, 6.07) is 0. The van der Waals surface area contributed by atoms with Crippen LogP contribution in [0.3, 0.4) is 0 Å². The van der Waals surface area contributed by atoms with Crippen LogP contribution in [0, 0.1) is 29.2 Å². The van der Waals surface area contributed by atoms with Crippen LogP contribution in [0.5, 0.6) is 0 Å². The first-order valence-electron chi connectivity index (χ1n) is 23.3. The van der Waals surface area contributed by atoms with E-state index in [2.05, 4.69) is 14.7 Å². The second kappa shape index (κ2) is 47.1. The molecular formula is C42H87Cl3GdN3O18. The van der Waals surface area contributed by atoms with Gasteiger partial charge in [-0.15, -0.1) is 0 Å². The molecule has 407 valence electrons. The Morgan fingerprint density at radius 3 is 0.731 bits per heavy atom. The molecule has 1 aliphatic rings. The molecule has 0 radical (unpaired) electrons. The van der Waals surface area contributed by atoms with E-state index >= 15 is 0 Å². The molecule has 0 aromatic rings. The van der Waals surface area contributed by atoms with Crippen LogP contribution in [-0.4, -0.2) is 289 Å². The molecule has 9 atom stereocenters. The number of nitrogens with zero attached hydrogens (tertiary/aromatic N) is 3. The van der Waals surface area contributed by atoms with Crippen LogP contribution in [-0.2, 0) is 28.4 Å². The second-order valence-electron chi connectivity index (χ2n) is 16.5. The molecule has 0 amide bonds. The van der Waals surface area contributed by atoms with E-state index < -0.39 is 65.8 Å². The number of aliphatic hydroxyl groups is 12. The Bertz CT molecular complexity index is 940. The van der Waals surface area contributed by atoms with E-state index in [1.54, 1.807) is 0 Å². The van der Waals surface area contributed by atoms with Gasteiger partial charge in [0.2, 0.25) is 0 Å². The molecule has 67 heavy (non-hydrogen) atoms. The minimum atomic E-state index is -1.98. The van der Waals surface area contributed by atoms with E-state index in [9.17, 15) is 61.3 Å². The van der Waals surface area contributed by atoms with Crippen LogP contribution in [0.1, 0.15) is 57.8 Å². The van der Waals surface area contributed by atoms with E-state index in [1.165, 1.54) is 0 Å². The standard InChI is InChI=1S/C42H87N3O18.3ClH.Gd/c46-25-34(52)4-19-58-31-40(61-22-7-37(55)28-49)1-10-43-13-15-44(11-2-41(62-23-8-38(56)29-50)32-59-20-5-35(53)26-47)17-18-45(16-14-43)12-3-42(63-24-9-39(57)30-51)33-60-21-6-36(54)27-48;;;;/h34-42,46-57H,1-33H2;3*1H;/q;;;;+3/p-3/t34-,35-,36-,37-,38-,39-,40-,41-,42-;;;;/m1..../s1. The van der Waals surface area contributed by atoms with Gasteiger partial charge >= 0.3 is 47.1 Å². The van der Waals surface area contributed by atoms with Crippen LogP contribution < -0.4 is 0 Å². The van der Waals surface area contributed by atoms with Crippen molar-refractivity contribution in [3.63, 3.8) is 0 Å². The molecule has 0 spiro atoms. The van der Waals surface area contributed by atoms with Crippen LogP contribution in [0.2, 0.25) is 0 Å². The molecule has 0 aliphatic carbocycles. The molecule has 0 bridgehead atoms. The van der Waals surface area contributed by atoms with Gasteiger partial charge in [0.05, 0.1) is 114 Å². The first-order chi connectivity index (χ1) is 32.2. The van der Waals surface area contributed by atoms with Crippen molar-refractivity contribution < 1.29 is 119 Å². The fourth-order valence-electron chi connectivity index (χ4n) is 6.44. The van der Waals surface area contributed by atoms with Gasteiger partial charge in [-0.25, -0.2) is 0 Å². The van der Waals surface area contributed by atoms with Crippen molar-refractivity contribution in [1.82, 2.24) is 14.7 Å². The summed E-state index contributed by atoms with van der Waals surface area (Å²) in [5.74, 6) is 14.9. The number of aliphatic hydroxyl groups excluding tert-OH is 12. The van der Waals surface area contributed by atoms with Crippen molar-refractivity contribution in [3.05, 3.63) is 0 Å². The zero-order valence-corrected chi connectivity index (χ0v) is 43.7. The predicted octanol–water partition coefficient (Wildman–Crippen LogP) is -2.19. The van der Waals surface area contributed by atoms with Crippen LogP contribution in [0.15, 0.2) is 0 Å². The fourth-order valence-corrected chi connectivity index (χ4v) is 6.44. The topological polar surface area (TPSA) is 308 Å². The Labute approximate surface area is 419 Å².